The second-order valence-corrected chi connectivity index (χ2v) is 3.19. The summed E-state index contributed by atoms with van der Waals surface area (Å²) in [4.78, 5) is 10.3. The minimum atomic E-state index is 0.0489. The molecule has 0 aromatic rings. The smallest absolute Gasteiger partial charge is 0.0919 e. The van der Waals surface area contributed by atoms with Gasteiger partial charge in [0, 0.05) is 0 Å². The maximum absolute atomic E-state index is 10.3. The summed E-state index contributed by atoms with van der Waals surface area (Å²) < 4.78 is 0. The molecule has 0 fully saturated rings. The molecule has 0 amide bonds. The van der Waals surface area contributed by atoms with Crippen LogP contribution < -0.4 is 5.73 Å². The predicted octanol–water partition coefficient (Wildman–Crippen LogP) is 2.44. The Morgan fingerprint density at radius 3 is 2.50 bits per heavy atom. The van der Waals surface area contributed by atoms with Crippen LogP contribution in [0.15, 0.2) is 5.18 Å². The fourth-order valence-electron chi connectivity index (χ4n) is 1.28. The summed E-state index contributed by atoms with van der Waals surface area (Å²) in [7, 11) is 0. The molecule has 0 aromatic carbocycles. The lowest BCUT2D eigenvalue weighted by Crippen LogP contribution is -2.03. The molecule has 0 saturated heterocycles. The lowest BCUT2D eigenvalue weighted by atomic mass is 10.1. The lowest BCUT2D eigenvalue weighted by molar-refractivity contribution is 0.519. The first-order valence-corrected chi connectivity index (χ1v) is 4.87. The zero-order valence-corrected chi connectivity index (χ0v) is 7.96. The minimum Gasteiger partial charge on any atom is -0.330 e. The van der Waals surface area contributed by atoms with E-state index in [1.54, 1.807) is 0 Å². The van der Waals surface area contributed by atoms with E-state index in [4.69, 9.17) is 5.73 Å². The van der Waals surface area contributed by atoms with Crippen LogP contribution in [0.2, 0.25) is 0 Å². The highest BCUT2D eigenvalue weighted by atomic mass is 16.3. The van der Waals surface area contributed by atoms with Gasteiger partial charge >= 0.3 is 0 Å². The van der Waals surface area contributed by atoms with Gasteiger partial charge in [-0.15, -0.1) is 0 Å². The van der Waals surface area contributed by atoms with E-state index >= 15 is 0 Å². The van der Waals surface area contributed by atoms with E-state index in [0.717, 1.165) is 45.1 Å². The summed E-state index contributed by atoms with van der Waals surface area (Å²) >= 11 is 0. The molecular formula is C9H20N2O. The van der Waals surface area contributed by atoms with E-state index in [-0.39, 0.29) is 6.04 Å². The SMILES string of the molecule is CCCC(CCCCCN)N=O. The van der Waals surface area contributed by atoms with E-state index in [9.17, 15) is 4.91 Å². The van der Waals surface area contributed by atoms with E-state index in [0.29, 0.717) is 0 Å². The average molecular weight is 172 g/mol. The quantitative estimate of drug-likeness (QED) is 0.451. The zero-order chi connectivity index (χ0) is 9.23. The lowest BCUT2D eigenvalue weighted by Gasteiger charge is -2.05. The van der Waals surface area contributed by atoms with Crippen molar-refractivity contribution < 1.29 is 0 Å². The highest BCUT2D eigenvalue weighted by molar-refractivity contribution is 4.64. The molecule has 0 spiro atoms. The van der Waals surface area contributed by atoms with E-state index in [1.165, 1.54) is 0 Å². The number of rotatable bonds is 8. The summed E-state index contributed by atoms with van der Waals surface area (Å²) in [5.74, 6) is 0. The third kappa shape index (κ3) is 6.28. The summed E-state index contributed by atoms with van der Waals surface area (Å²) in [5.41, 5.74) is 5.35. The van der Waals surface area contributed by atoms with Crippen LogP contribution in [0.4, 0.5) is 0 Å². The van der Waals surface area contributed by atoms with Crippen molar-refractivity contribution in [3.63, 3.8) is 0 Å². The maximum atomic E-state index is 10.3. The molecule has 2 N–H and O–H groups in total. The Labute approximate surface area is 74.7 Å². The van der Waals surface area contributed by atoms with Gasteiger partial charge in [-0.3, -0.25) is 0 Å². The normalized spacial score (nSPS) is 12.8. The molecule has 0 aromatic heterocycles. The van der Waals surface area contributed by atoms with Gasteiger partial charge in [0.25, 0.3) is 0 Å². The highest BCUT2D eigenvalue weighted by Crippen LogP contribution is 2.10. The standard InChI is InChI=1S/C9H20N2O/c1-2-6-9(11-12)7-4-3-5-8-10/h9H,2-8,10H2,1H3. The Bertz CT molecular complexity index is 107. The number of nitroso groups, excluding NO2 is 1. The van der Waals surface area contributed by atoms with Crippen LogP contribution in [0.3, 0.4) is 0 Å². The molecule has 3 nitrogen and oxygen atoms in total. The van der Waals surface area contributed by atoms with Gasteiger partial charge < -0.3 is 5.73 Å². The Hall–Kier alpha value is -0.440. The van der Waals surface area contributed by atoms with Crippen molar-refractivity contribution in [2.45, 2.75) is 51.5 Å². The van der Waals surface area contributed by atoms with Crippen LogP contribution in [0.5, 0.6) is 0 Å². The van der Waals surface area contributed by atoms with E-state index < -0.39 is 0 Å². The minimum absolute atomic E-state index is 0.0489. The van der Waals surface area contributed by atoms with Gasteiger partial charge in [-0.25, -0.2) is 0 Å². The third-order valence-corrected chi connectivity index (χ3v) is 2.01. The van der Waals surface area contributed by atoms with Gasteiger partial charge in [0.2, 0.25) is 0 Å². The molecule has 12 heavy (non-hydrogen) atoms. The van der Waals surface area contributed by atoms with Crippen molar-refractivity contribution in [1.29, 1.82) is 0 Å². The van der Waals surface area contributed by atoms with Gasteiger partial charge in [0.1, 0.15) is 0 Å². The number of unbranched alkanes of at least 4 members (excludes halogenated alkanes) is 2. The molecule has 0 aliphatic carbocycles. The Morgan fingerprint density at radius 2 is 2.00 bits per heavy atom. The first kappa shape index (κ1) is 11.6. The summed E-state index contributed by atoms with van der Waals surface area (Å²) in [5, 5.41) is 3.09. The van der Waals surface area contributed by atoms with Gasteiger partial charge in [0.15, 0.2) is 0 Å². The molecule has 0 aliphatic heterocycles. The molecule has 72 valence electrons. The summed E-state index contributed by atoms with van der Waals surface area (Å²) in [6, 6.07) is 0.0489. The first-order valence-electron chi connectivity index (χ1n) is 4.87. The summed E-state index contributed by atoms with van der Waals surface area (Å²) in [6.07, 6.45) is 6.22. The van der Waals surface area contributed by atoms with Crippen molar-refractivity contribution in [2.24, 2.45) is 10.9 Å². The Balaban J connectivity index is 3.25. The molecule has 0 saturated carbocycles. The van der Waals surface area contributed by atoms with Gasteiger partial charge in [-0.05, 0) is 25.8 Å². The Kier molecular flexibility index (Phi) is 8.34. The van der Waals surface area contributed by atoms with Crippen LogP contribution in [0.1, 0.15) is 45.4 Å². The van der Waals surface area contributed by atoms with Crippen LogP contribution in [0, 0.1) is 4.91 Å². The molecular weight excluding hydrogens is 152 g/mol. The van der Waals surface area contributed by atoms with E-state index in [2.05, 4.69) is 12.1 Å². The van der Waals surface area contributed by atoms with Crippen molar-refractivity contribution in [1.82, 2.24) is 0 Å². The number of nitrogens with two attached hydrogens (primary N) is 1. The fraction of sp³-hybridized carbons (Fsp3) is 1.00. The Morgan fingerprint density at radius 1 is 1.25 bits per heavy atom. The topological polar surface area (TPSA) is 55.4 Å². The van der Waals surface area contributed by atoms with Crippen LogP contribution in [0.25, 0.3) is 0 Å². The molecule has 3 heteroatoms. The average Bonchev–Trinajstić information content (AvgIpc) is 2.10. The molecule has 0 rings (SSSR count). The number of nitrogens with zero attached hydrogens (tertiary/aromatic N) is 1. The van der Waals surface area contributed by atoms with E-state index in [1.807, 2.05) is 0 Å². The van der Waals surface area contributed by atoms with Crippen LogP contribution in [-0.4, -0.2) is 12.6 Å². The van der Waals surface area contributed by atoms with Crippen LogP contribution in [-0.2, 0) is 0 Å². The molecule has 0 aliphatic rings. The second kappa shape index (κ2) is 8.65. The van der Waals surface area contributed by atoms with Gasteiger partial charge in [0.05, 0.1) is 6.04 Å². The third-order valence-electron chi connectivity index (χ3n) is 2.01. The maximum Gasteiger partial charge on any atom is 0.0919 e. The number of hydrogen-bond acceptors (Lipinski definition) is 3. The number of hydrogen-bond donors (Lipinski definition) is 1. The van der Waals surface area contributed by atoms with Gasteiger partial charge in [-0.2, -0.15) is 4.91 Å². The van der Waals surface area contributed by atoms with Gasteiger partial charge in [-0.1, -0.05) is 31.4 Å². The largest absolute Gasteiger partial charge is 0.330 e. The van der Waals surface area contributed by atoms with Crippen molar-refractivity contribution in [3.8, 4) is 0 Å². The van der Waals surface area contributed by atoms with Crippen LogP contribution >= 0.6 is 0 Å². The predicted molar refractivity (Wildman–Crippen MR) is 52.0 cm³/mol. The molecule has 1 unspecified atom stereocenters. The molecule has 1 atom stereocenters. The zero-order valence-electron chi connectivity index (χ0n) is 7.96. The first-order chi connectivity index (χ1) is 5.85. The molecule has 0 radical (unpaired) electrons. The van der Waals surface area contributed by atoms with Crippen molar-refractivity contribution in [3.05, 3.63) is 4.91 Å². The van der Waals surface area contributed by atoms with Crippen molar-refractivity contribution >= 4 is 0 Å². The monoisotopic (exact) mass is 172 g/mol. The molecule has 0 heterocycles. The second-order valence-electron chi connectivity index (χ2n) is 3.19. The fourth-order valence-corrected chi connectivity index (χ4v) is 1.28. The highest BCUT2D eigenvalue weighted by Gasteiger charge is 2.05. The summed E-state index contributed by atoms with van der Waals surface area (Å²) in [6.45, 7) is 2.84. The molecule has 0 bridgehead atoms. The van der Waals surface area contributed by atoms with Crippen molar-refractivity contribution in [2.75, 3.05) is 6.54 Å².